The molecule has 0 aliphatic carbocycles. The monoisotopic (exact) mass is 219 g/mol. The molecule has 2 aromatic heterocycles. The van der Waals surface area contributed by atoms with Gasteiger partial charge in [-0.05, 0) is 19.1 Å². The molecular weight excluding hydrogens is 215 g/mol. The molecule has 2 bridgehead atoms. The number of furan rings is 2. The number of hydrogen-bond donors (Lipinski definition) is 0. The molecular formula is C8H5Cl2O3-. The van der Waals surface area contributed by atoms with Crippen LogP contribution in [-0.4, -0.2) is 5.97 Å². The van der Waals surface area contributed by atoms with Crippen molar-refractivity contribution >= 4 is 40.3 Å². The van der Waals surface area contributed by atoms with E-state index in [0.29, 0.717) is 21.2 Å². The number of carbonyl (C=O) groups excluding carboxylic acids is 1. The molecule has 70 valence electrons. The molecule has 0 aliphatic heterocycles. The minimum absolute atomic E-state index is 0.522. The Balaban J connectivity index is 0.000000184. The minimum Gasteiger partial charge on any atom is -0.550 e. The Kier molecular flexibility index (Phi) is 3.01. The van der Waals surface area contributed by atoms with Crippen molar-refractivity contribution in [3.63, 3.8) is 0 Å². The SMILES string of the molecule is CC(=O)[O-].Clc1c(Cl)c2ccc1o2. The van der Waals surface area contributed by atoms with Crippen LogP contribution in [0, 0.1) is 0 Å². The third-order valence-electron chi connectivity index (χ3n) is 1.23. The zero-order valence-electron chi connectivity index (χ0n) is 6.64. The van der Waals surface area contributed by atoms with E-state index in [4.69, 9.17) is 37.5 Å². The molecule has 2 aromatic rings. The highest BCUT2D eigenvalue weighted by atomic mass is 35.5. The number of carboxylic acids is 1. The van der Waals surface area contributed by atoms with E-state index in [1.165, 1.54) is 0 Å². The number of carbonyl (C=O) groups is 1. The summed E-state index contributed by atoms with van der Waals surface area (Å²) < 4.78 is 5.08. The molecule has 0 fully saturated rings. The Labute approximate surface area is 84.2 Å². The molecule has 0 aliphatic rings. The van der Waals surface area contributed by atoms with E-state index in [1.807, 2.05) is 0 Å². The summed E-state index contributed by atoms with van der Waals surface area (Å²) in [6.07, 6.45) is 0. The molecule has 0 spiro atoms. The van der Waals surface area contributed by atoms with Gasteiger partial charge in [-0.15, -0.1) is 0 Å². The van der Waals surface area contributed by atoms with Crippen LogP contribution in [0.3, 0.4) is 0 Å². The fraction of sp³-hybridized carbons (Fsp3) is 0.125. The van der Waals surface area contributed by atoms with Crippen molar-refractivity contribution in [2.24, 2.45) is 0 Å². The van der Waals surface area contributed by atoms with Gasteiger partial charge in [0.25, 0.3) is 0 Å². The molecule has 13 heavy (non-hydrogen) atoms. The lowest BCUT2D eigenvalue weighted by molar-refractivity contribution is -0.302. The molecule has 5 heteroatoms. The van der Waals surface area contributed by atoms with Gasteiger partial charge in [-0.1, -0.05) is 23.2 Å². The normalized spacial score (nSPS) is 9.77. The predicted molar refractivity (Wildman–Crippen MR) is 48.1 cm³/mol. The molecule has 0 radical (unpaired) electrons. The highest BCUT2D eigenvalue weighted by Gasteiger charge is 2.11. The van der Waals surface area contributed by atoms with Crippen LogP contribution in [0.1, 0.15) is 6.92 Å². The van der Waals surface area contributed by atoms with Gasteiger partial charge in [0.05, 0.1) is 0 Å². The summed E-state index contributed by atoms with van der Waals surface area (Å²) in [7, 11) is 0. The summed E-state index contributed by atoms with van der Waals surface area (Å²) in [5.41, 5.74) is 1.33. The first kappa shape index (κ1) is 10.2. The van der Waals surface area contributed by atoms with E-state index in [1.54, 1.807) is 12.1 Å². The van der Waals surface area contributed by atoms with Gasteiger partial charge in [0.15, 0.2) is 0 Å². The second-order valence-electron chi connectivity index (χ2n) is 2.28. The van der Waals surface area contributed by atoms with Gasteiger partial charge in [0.1, 0.15) is 21.2 Å². The van der Waals surface area contributed by atoms with E-state index >= 15 is 0 Å². The van der Waals surface area contributed by atoms with Crippen LogP contribution >= 0.6 is 23.2 Å². The van der Waals surface area contributed by atoms with Crippen molar-refractivity contribution in [1.82, 2.24) is 0 Å². The largest absolute Gasteiger partial charge is 0.550 e. The molecule has 2 rings (SSSR count). The van der Waals surface area contributed by atoms with Crippen molar-refractivity contribution in [3.05, 3.63) is 22.2 Å². The van der Waals surface area contributed by atoms with Crippen LogP contribution < -0.4 is 5.11 Å². The zero-order valence-corrected chi connectivity index (χ0v) is 8.15. The Morgan fingerprint density at radius 3 is 1.77 bits per heavy atom. The van der Waals surface area contributed by atoms with Gasteiger partial charge < -0.3 is 14.3 Å². The van der Waals surface area contributed by atoms with Crippen molar-refractivity contribution < 1.29 is 14.3 Å². The molecule has 0 unspecified atom stereocenters. The Morgan fingerprint density at radius 1 is 1.31 bits per heavy atom. The molecule has 0 aromatic carbocycles. The highest BCUT2D eigenvalue weighted by Crippen LogP contribution is 2.36. The van der Waals surface area contributed by atoms with E-state index in [0.717, 1.165) is 6.92 Å². The second kappa shape index (κ2) is 3.85. The predicted octanol–water partition coefficient (Wildman–Crippen LogP) is 1.93. The first-order valence-electron chi connectivity index (χ1n) is 3.36. The third-order valence-corrected chi connectivity index (χ3v) is 2.08. The first-order chi connectivity index (χ1) is 6.02. The van der Waals surface area contributed by atoms with E-state index in [-0.39, 0.29) is 0 Å². The average Bonchev–Trinajstić information content (AvgIpc) is 2.55. The minimum atomic E-state index is -1.08. The fourth-order valence-electron chi connectivity index (χ4n) is 0.790. The van der Waals surface area contributed by atoms with Crippen LogP contribution in [0.2, 0.25) is 10.0 Å². The Morgan fingerprint density at radius 2 is 1.62 bits per heavy atom. The smallest absolute Gasteiger partial charge is 0.147 e. The van der Waals surface area contributed by atoms with E-state index in [2.05, 4.69) is 0 Å². The maximum absolute atomic E-state index is 8.89. The average molecular weight is 220 g/mol. The summed E-state index contributed by atoms with van der Waals surface area (Å²) in [6.45, 7) is 0.972. The first-order valence-corrected chi connectivity index (χ1v) is 4.11. The van der Waals surface area contributed by atoms with Crippen molar-refractivity contribution in [2.45, 2.75) is 6.92 Å². The van der Waals surface area contributed by atoms with Gasteiger partial charge in [-0.2, -0.15) is 0 Å². The summed E-state index contributed by atoms with van der Waals surface area (Å²) in [6, 6.07) is 3.59. The zero-order chi connectivity index (χ0) is 10.0. The summed E-state index contributed by atoms with van der Waals surface area (Å²) in [5.74, 6) is -1.08. The lowest BCUT2D eigenvalue weighted by atomic mass is 10.4. The van der Waals surface area contributed by atoms with Gasteiger partial charge in [0, 0.05) is 5.97 Å². The molecule has 0 amide bonds. The van der Waals surface area contributed by atoms with Crippen LogP contribution in [0.4, 0.5) is 0 Å². The quantitative estimate of drug-likeness (QED) is 0.681. The fourth-order valence-corrected chi connectivity index (χ4v) is 1.18. The van der Waals surface area contributed by atoms with Crippen molar-refractivity contribution in [2.75, 3.05) is 0 Å². The Bertz CT molecular complexity index is 373. The van der Waals surface area contributed by atoms with Gasteiger partial charge in [0.2, 0.25) is 0 Å². The van der Waals surface area contributed by atoms with E-state index < -0.39 is 5.97 Å². The van der Waals surface area contributed by atoms with Gasteiger partial charge in [-0.3, -0.25) is 0 Å². The Hall–Kier alpha value is -0.930. The molecule has 0 saturated carbocycles. The van der Waals surface area contributed by atoms with Crippen LogP contribution in [-0.2, 0) is 4.79 Å². The molecule has 3 nitrogen and oxygen atoms in total. The maximum atomic E-state index is 8.89. The van der Waals surface area contributed by atoms with Crippen LogP contribution in [0.15, 0.2) is 16.5 Å². The molecule has 0 atom stereocenters. The number of hydrogen-bond acceptors (Lipinski definition) is 3. The van der Waals surface area contributed by atoms with E-state index in [9.17, 15) is 0 Å². The molecule has 2 heterocycles. The number of halogens is 2. The maximum Gasteiger partial charge on any atom is 0.147 e. The molecule has 0 N–H and O–H groups in total. The van der Waals surface area contributed by atoms with Crippen molar-refractivity contribution in [1.29, 1.82) is 0 Å². The summed E-state index contributed by atoms with van der Waals surface area (Å²) in [5, 5.41) is 9.93. The van der Waals surface area contributed by atoms with Gasteiger partial charge in [-0.25, -0.2) is 0 Å². The third kappa shape index (κ3) is 2.26. The molecule has 0 saturated heterocycles. The second-order valence-corrected chi connectivity index (χ2v) is 3.04. The van der Waals surface area contributed by atoms with Crippen LogP contribution in [0.25, 0.3) is 11.2 Å². The lowest BCUT2D eigenvalue weighted by Gasteiger charge is -1.81. The topological polar surface area (TPSA) is 53.3 Å². The number of carboxylic acid groups (broad SMARTS) is 1. The number of fused-ring (bicyclic) bond motifs is 2. The standard InChI is InChI=1S/C6H2Cl2O.C2H4O2/c7-5-3-1-2-4(9-3)6(5)8;1-2(3)4/h1-2H;1H3,(H,3,4)/p-1. The van der Waals surface area contributed by atoms with Crippen molar-refractivity contribution in [3.8, 4) is 0 Å². The number of benzene rings is 1. The van der Waals surface area contributed by atoms with Crippen LogP contribution in [0.5, 0.6) is 0 Å². The lowest BCUT2D eigenvalue weighted by Crippen LogP contribution is -2.16. The number of aliphatic carboxylic acids is 1. The summed E-state index contributed by atoms with van der Waals surface area (Å²) >= 11 is 11.3. The van der Waals surface area contributed by atoms with Gasteiger partial charge >= 0.3 is 0 Å². The number of rotatable bonds is 0. The highest BCUT2D eigenvalue weighted by molar-refractivity contribution is 6.46. The summed E-state index contributed by atoms with van der Waals surface area (Å²) in [4.78, 5) is 8.89.